The second-order valence-corrected chi connectivity index (χ2v) is 11.9. The summed E-state index contributed by atoms with van der Waals surface area (Å²) < 4.78 is 27.0. The minimum Gasteiger partial charge on any atom is -0.479 e. The van der Waals surface area contributed by atoms with Crippen molar-refractivity contribution in [2.75, 3.05) is 18.0 Å². The molecule has 1 fully saturated rings. The smallest absolute Gasteiger partial charge is 0.337 e. The number of ether oxygens (including phenoxy) is 2. The zero-order valence-electron chi connectivity index (χ0n) is 23.6. The minimum absolute atomic E-state index is 0.0938. The molecule has 1 unspecified atom stereocenters. The molecule has 1 atom stereocenters. The van der Waals surface area contributed by atoms with Gasteiger partial charge in [0.2, 0.25) is 0 Å². The van der Waals surface area contributed by atoms with Gasteiger partial charge in [0.1, 0.15) is 6.61 Å². The minimum atomic E-state index is -1.24. The van der Waals surface area contributed by atoms with Crippen molar-refractivity contribution in [1.82, 2.24) is 9.97 Å². The van der Waals surface area contributed by atoms with Crippen LogP contribution in [0.25, 0.3) is 11.1 Å². The highest BCUT2D eigenvalue weighted by Gasteiger charge is 2.36. The first-order valence-electron chi connectivity index (χ1n) is 13.3. The number of nitrogens with zero attached hydrogens (tertiary/aromatic N) is 3. The van der Waals surface area contributed by atoms with E-state index in [2.05, 4.69) is 28.7 Å². The summed E-state index contributed by atoms with van der Waals surface area (Å²) in [5, 5.41) is 10.3. The number of carbonyl (C=O) groups is 1. The Morgan fingerprint density at radius 1 is 1.13 bits per heavy atom. The van der Waals surface area contributed by atoms with Crippen LogP contribution in [0.4, 0.5) is 10.1 Å². The van der Waals surface area contributed by atoms with Crippen molar-refractivity contribution >= 4 is 11.7 Å². The highest BCUT2D eigenvalue weighted by Crippen LogP contribution is 2.43. The van der Waals surface area contributed by atoms with Crippen LogP contribution in [0.2, 0.25) is 0 Å². The van der Waals surface area contributed by atoms with Gasteiger partial charge in [-0.25, -0.2) is 14.2 Å². The fourth-order valence-electron chi connectivity index (χ4n) is 4.80. The van der Waals surface area contributed by atoms with E-state index in [9.17, 15) is 9.90 Å². The molecule has 1 saturated heterocycles. The highest BCUT2D eigenvalue weighted by molar-refractivity contribution is 5.86. The van der Waals surface area contributed by atoms with Gasteiger partial charge in [-0.1, -0.05) is 44.2 Å². The van der Waals surface area contributed by atoms with Crippen LogP contribution in [0.15, 0.2) is 48.8 Å². The van der Waals surface area contributed by atoms with Crippen LogP contribution >= 0.6 is 0 Å². The summed E-state index contributed by atoms with van der Waals surface area (Å²) >= 11 is 0. The summed E-state index contributed by atoms with van der Waals surface area (Å²) in [7, 11) is 0. The van der Waals surface area contributed by atoms with E-state index in [4.69, 9.17) is 9.47 Å². The molecule has 4 rings (SSSR count). The number of carboxylic acid groups (broad SMARTS) is 1. The molecule has 8 heteroatoms. The lowest BCUT2D eigenvalue weighted by Crippen LogP contribution is -2.39. The third-order valence-corrected chi connectivity index (χ3v) is 7.02. The molecule has 1 aliphatic rings. The Hall–Kier alpha value is -3.52. The van der Waals surface area contributed by atoms with E-state index < -0.39 is 23.5 Å². The van der Waals surface area contributed by atoms with Gasteiger partial charge >= 0.3 is 5.97 Å². The maximum absolute atomic E-state index is 15.3. The standard InChI is InChI=1S/C31H38FN3O4/c1-20-25(27(29(36)37)39-30(2,3)4)26(35-14-12-31(5,6)13-15-35)23(18-33-20)22-16-24(32)28(34-17-22)38-19-21-10-8-7-9-11-21/h7-11,16-18,27H,12-15,19H2,1-6H3,(H,36,37). The fourth-order valence-corrected chi connectivity index (χ4v) is 4.80. The van der Waals surface area contributed by atoms with Gasteiger partial charge in [-0.05, 0) is 57.6 Å². The Labute approximate surface area is 230 Å². The van der Waals surface area contributed by atoms with Crippen molar-refractivity contribution in [3.8, 4) is 17.0 Å². The van der Waals surface area contributed by atoms with E-state index in [1.54, 1.807) is 19.3 Å². The van der Waals surface area contributed by atoms with E-state index in [0.717, 1.165) is 31.5 Å². The second-order valence-electron chi connectivity index (χ2n) is 11.9. The first-order chi connectivity index (χ1) is 18.3. The summed E-state index contributed by atoms with van der Waals surface area (Å²) in [6.45, 7) is 13.4. The van der Waals surface area contributed by atoms with Crippen molar-refractivity contribution < 1.29 is 23.8 Å². The number of aliphatic carboxylic acids is 1. The predicted octanol–water partition coefficient (Wildman–Crippen LogP) is 6.74. The number of hydrogen-bond acceptors (Lipinski definition) is 6. The molecule has 1 aromatic carbocycles. The third-order valence-electron chi connectivity index (χ3n) is 7.02. The lowest BCUT2D eigenvalue weighted by atomic mass is 9.82. The summed E-state index contributed by atoms with van der Waals surface area (Å²) in [4.78, 5) is 23.6. The maximum atomic E-state index is 15.3. The molecule has 0 bridgehead atoms. The second kappa shape index (κ2) is 11.3. The van der Waals surface area contributed by atoms with Gasteiger partial charge in [0, 0.05) is 47.9 Å². The number of pyridine rings is 2. The van der Waals surface area contributed by atoms with Crippen molar-refractivity contribution in [2.45, 2.75) is 72.7 Å². The molecule has 0 spiro atoms. The summed E-state index contributed by atoms with van der Waals surface area (Å²) in [6.07, 6.45) is 3.85. The van der Waals surface area contributed by atoms with Crippen LogP contribution in [-0.4, -0.2) is 39.7 Å². The number of aryl methyl sites for hydroxylation is 1. The molecule has 1 N–H and O–H groups in total. The molecule has 7 nitrogen and oxygen atoms in total. The van der Waals surface area contributed by atoms with E-state index >= 15 is 4.39 Å². The van der Waals surface area contributed by atoms with Crippen LogP contribution < -0.4 is 9.64 Å². The Morgan fingerprint density at radius 2 is 1.79 bits per heavy atom. The zero-order valence-corrected chi connectivity index (χ0v) is 23.6. The normalized spacial score (nSPS) is 16.1. The Bertz CT molecular complexity index is 1310. The summed E-state index contributed by atoms with van der Waals surface area (Å²) in [5.41, 5.74) is 3.23. The topological polar surface area (TPSA) is 84.8 Å². The lowest BCUT2D eigenvalue weighted by Gasteiger charge is -2.40. The number of hydrogen-bond donors (Lipinski definition) is 1. The van der Waals surface area contributed by atoms with E-state index in [1.807, 2.05) is 51.1 Å². The van der Waals surface area contributed by atoms with Crippen LogP contribution in [0.3, 0.4) is 0 Å². The summed E-state index contributed by atoms with van der Waals surface area (Å²) in [6, 6.07) is 10.9. The predicted molar refractivity (Wildman–Crippen MR) is 149 cm³/mol. The van der Waals surface area contributed by atoms with Crippen LogP contribution in [0.5, 0.6) is 5.88 Å². The molecule has 0 saturated carbocycles. The molecule has 3 aromatic rings. The van der Waals surface area contributed by atoms with Crippen molar-refractivity contribution in [1.29, 1.82) is 0 Å². The van der Waals surface area contributed by atoms with Gasteiger partial charge in [0.25, 0.3) is 5.88 Å². The lowest BCUT2D eigenvalue weighted by molar-refractivity contribution is -0.160. The quantitative estimate of drug-likeness (QED) is 0.342. The third kappa shape index (κ3) is 6.92. The van der Waals surface area contributed by atoms with Gasteiger partial charge in [-0.15, -0.1) is 0 Å². The van der Waals surface area contributed by atoms with Crippen LogP contribution in [0.1, 0.15) is 70.4 Å². The molecule has 2 aromatic heterocycles. The summed E-state index contributed by atoms with van der Waals surface area (Å²) in [5.74, 6) is -1.79. The number of carboxylic acids is 1. The van der Waals surface area contributed by atoms with Crippen molar-refractivity contribution in [2.24, 2.45) is 5.41 Å². The zero-order chi connectivity index (χ0) is 28.4. The van der Waals surface area contributed by atoms with Crippen LogP contribution in [-0.2, 0) is 16.1 Å². The van der Waals surface area contributed by atoms with Gasteiger partial charge < -0.3 is 19.5 Å². The average molecular weight is 536 g/mol. The monoisotopic (exact) mass is 535 g/mol. The molecule has 208 valence electrons. The number of rotatable bonds is 8. The van der Waals surface area contributed by atoms with Crippen molar-refractivity contribution in [3.63, 3.8) is 0 Å². The SMILES string of the molecule is Cc1ncc(-c2cnc(OCc3ccccc3)c(F)c2)c(N2CCC(C)(C)CC2)c1C(OC(C)(C)C)C(=O)O. The fraction of sp³-hybridized carbons (Fsp3) is 0.452. The molecule has 1 aliphatic heterocycles. The molecule has 0 aliphatic carbocycles. The van der Waals surface area contributed by atoms with E-state index in [0.29, 0.717) is 28.1 Å². The van der Waals surface area contributed by atoms with Gasteiger partial charge in [0.15, 0.2) is 11.9 Å². The molecule has 0 amide bonds. The van der Waals surface area contributed by atoms with E-state index in [-0.39, 0.29) is 17.9 Å². The molecule has 39 heavy (non-hydrogen) atoms. The first kappa shape index (κ1) is 28.5. The van der Waals surface area contributed by atoms with Crippen LogP contribution in [0, 0.1) is 18.2 Å². The Kier molecular flexibility index (Phi) is 8.25. The number of halogens is 1. The average Bonchev–Trinajstić information content (AvgIpc) is 2.87. The molecule has 3 heterocycles. The Morgan fingerprint density at radius 3 is 2.38 bits per heavy atom. The van der Waals surface area contributed by atoms with Gasteiger partial charge in [-0.3, -0.25) is 4.98 Å². The number of anilines is 1. The Balaban J connectivity index is 1.78. The highest BCUT2D eigenvalue weighted by atomic mass is 19.1. The van der Waals surface area contributed by atoms with E-state index in [1.165, 1.54) is 6.07 Å². The molecular formula is C31H38FN3O4. The number of aromatic nitrogens is 2. The van der Waals surface area contributed by atoms with Gasteiger partial charge in [-0.2, -0.15) is 0 Å². The van der Waals surface area contributed by atoms with Gasteiger partial charge in [0.05, 0.1) is 11.3 Å². The van der Waals surface area contributed by atoms with Crippen molar-refractivity contribution in [3.05, 3.63) is 71.4 Å². The first-order valence-corrected chi connectivity index (χ1v) is 13.3. The number of benzene rings is 1. The maximum Gasteiger partial charge on any atom is 0.337 e. The molecular weight excluding hydrogens is 497 g/mol. The molecule has 0 radical (unpaired) electrons. The number of piperidine rings is 1. The largest absolute Gasteiger partial charge is 0.479 e.